The molecule has 0 aliphatic carbocycles. The van der Waals surface area contributed by atoms with Gasteiger partial charge in [0.1, 0.15) is 6.29 Å². The highest BCUT2D eigenvalue weighted by Crippen LogP contribution is 2.35. The molecular formula is C13H12F6O2. The van der Waals surface area contributed by atoms with Crippen LogP contribution in [0, 0.1) is 0 Å². The van der Waals surface area contributed by atoms with Crippen molar-refractivity contribution in [3.8, 4) is 0 Å². The normalized spacial score (nSPS) is 15.3. The molecule has 1 heterocycles. The second-order valence-corrected chi connectivity index (χ2v) is 4.28. The van der Waals surface area contributed by atoms with Crippen LogP contribution in [0.25, 0.3) is 0 Å². The number of carbonyl (C=O) groups excluding carboxylic acids is 1. The summed E-state index contributed by atoms with van der Waals surface area (Å²) in [5, 5.41) is 0. The first-order valence-electron chi connectivity index (χ1n) is 5.97. The van der Waals surface area contributed by atoms with Crippen LogP contribution in [0.15, 0.2) is 18.2 Å². The molecule has 1 saturated heterocycles. The highest BCUT2D eigenvalue weighted by molar-refractivity contribution is 5.75. The molecule has 0 saturated carbocycles. The molecule has 2 rings (SSSR count). The van der Waals surface area contributed by atoms with Crippen molar-refractivity contribution >= 4 is 6.29 Å². The summed E-state index contributed by atoms with van der Waals surface area (Å²) in [5.74, 6) is 0. The molecule has 8 heteroatoms. The second kappa shape index (κ2) is 6.93. The Labute approximate surface area is 116 Å². The molecule has 0 spiro atoms. The second-order valence-electron chi connectivity index (χ2n) is 4.28. The van der Waals surface area contributed by atoms with E-state index in [0.29, 0.717) is 12.1 Å². The van der Waals surface area contributed by atoms with Gasteiger partial charge >= 0.3 is 12.4 Å². The van der Waals surface area contributed by atoms with Crippen molar-refractivity contribution < 1.29 is 35.9 Å². The molecule has 1 fully saturated rings. The van der Waals surface area contributed by atoms with Crippen LogP contribution >= 0.6 is 0 Å². The van der Waals surface area contributed by atoms with Gasteiger partial charge in [0, 0.05) is 18.8 Å². The molecule has 0 radical (unpaired) electrons. The molecule has 2 nitrogen and oxygen atoms in total. The van der Waals surface area contributed by atoms with Crippen LogP contribution in [0.5, 0.6) is 0 Å². The zero-order valence-electron chi connectivity index (χ0n) is 10.7. The van der Waals surface area contributed by atoms with E-state index in [2.05, 4.69) is 0 Å². The number of carbonyl (C=O) groups is 1. The summed E-state index contributed by atoms with van der Waals surface area (Å²) in [5.41, 5.74) is -3.66. The molecule has 0 unspecified atom stereocenters. The average Bonchev–Trinajstić information content (AvgIpc) is 2.95. The van der Waals surface area contributed by atoms with Crippen molar-refractivity contribution in [1.29, 1.82) is 0 Å². The molecule has 1 aromatic rings. The van der Waals surface area contributed by atoms with E-state index in [9.17, 15) is 31.1 Å². The molecule has 0 N–H and O–H groups in total. The molecule has 21 heavy (non-hydrogen) atoms. The first-order chi connectivity index (χ1) is 9.64. The molecule has 0 amide bonds. The van der Waals surface area contributed by atoms with Gasteiger partial charge in [-0.1, -0.05) is 0 Å². The van der Waals surface area contributed by atoms with Crippen molar-refractivity contribution in [2.45, 2.75) is 25.2 Å². The maximum absolute atomic E-state index is 12.2. The maximum Gasteiger partial charge on any atom is 0.416 e. The van der Waals surface area contributed by atoms with Gasteiger partial charge in [0.2, 0.25) is 0 Å². The number of hydrogen-bond acceptors (Lipinski definition) is 2. The summed E-state index contributed by atoms with van der Waals surface area (Å²) in [6, 6.07) is 0.692. The molecule has 0 atom stereocenters. The number of hydrogen-bond donors (Lipinski definition) is 0. The summed E-state index contributed by atoms with van der Waals surface area (Å²) >= 11 is 0. The van der Waals surface area contributed by atoms with E-state index >= 15 is 0 Å². The molecular weight excluding hydrogens is 302 g/mol. The summed E-state index contributed by atoms with van der Waals surface area (Å²) < 4.78 is 78.1. The lowest BCUT2D eigenvalue weighted by Gasteiger charge is -2.12. The van der Waals surface area contributed by atoms with Gasteiger partial charge in [-0.3, -0.25) is 4.79 Å². The minimum absolute atomic E-state index is 0.0347. The van der Waals surface area contributed by atoms with E-state index in [-0.39, 0.29) is 12.4 Å². The summed E-state index contributed by atoms with van der Waals surface area (Å²) in [4.78, 5) is 10.2. The van der Waals surface area contributed by atoms with Gasteiger partial charge in [-0.2, -0.15) is 26.3 Å². The van der Waals surface area contributed by atoms with Crippen LogP contribution in [0.2, 0.25) is 0 Å². The van der Waals surface area contributed by atoms with Crippen LogP contribution in [-0.2, 0) is 17.1 Å². The molecule has 1 aliphatic rings. The molecule has 118 valence electrons. The van der Waals surface area contributed by atoms with Gasteiger partial charge < -0.3 is 4.74 Å². The number of rotatable bonds is 1. The summed E-state index contributed by atoms with van der Waals surface area (Å²) in [7, 11) is 0. The Kier molecular flexibility index (Phi) is 5.77. The number of aldehydes is 1. The van der Waals surface area contributed by atoms with Gasteiger partial charge in [-0.15, -0.1) is 0 Å². The lowest BCUT2D eigenvalue weighted by atomic mass is 10.1. The fourth-order valence-corrected chi connectivity index (χ4v) is 1.56. The Morgan fingerprint density at radius 2 is 1.29 bits per heavy atom. The highest BCUT2D eigenvalue weighted by atomic mass is 19.4. The number of halogens is 6. The van der Waals surface area contributed by atoms with Gasteiger partial charge in [0.25, 0.3) is 0 Å². The third kappa shape index (κ3) is 5.74. The lowest BCUT2D eigenvalue weighted by Crippen LogP contribution is -2.11. The summed E-state index contributed by atoms with van der Waals surface area (Å²) in [6.07, 6.45) is -7.34. The van der Waals surface area contributed by atoms with Gasteiger partial charge in [0.05, 0.1) is 11.1 Å². The topological polar surface area (TPSA) is 26.3 Å². The third-order valence-electron chi connectivity index (χ3n) is 2.57. The van der Waals surface area contributed by atoms with Crippen molar-refractivity contribution in [1.82, 2.24) is 0 Å². The average molecular weight is 314 g/mol. The maximum atomic E-state index is 12.2. The predicted molar refractivity (Wildman–Crippen MR) is 61.9 cm³/mol. The van der Waals surface area contributed by atoms with Gasteiger partial charge in [-0.05, 0) is 31.0 Å². The largest absolute Gasteiger partial charge is 0.416 e. The molecule has 0 bridgehead atoms. The summed E-state index contributed by atoms with van der Waals surface area (Å²) in [6.45, 7) is 2.00. The number of benzene rings is 1. The van der Waals surface area contributed by atoms with Crippen molar-refractivity contribution in [3.63, 3.8) is 0 Å². The molecule has 1 aromatic carbocycles. The lowest BCUT2D eigenvalue weighted by molar-refractivity contribution is -0.143. The first kappa shape index (κ1) is 17.5. The third-order valence-corrected chi connectivity index (χ3v) is 2.57. The SMILES string of the molecule is C1CCOC1.O=Cc1cc(C(F)(F)F)cc(C(F)(F)F)c1. The van der Waals surface area contributed by atoms with Crippen LogP contribution in [0.1, 0.15) is 34.3 Å². The van der Waals surface area contributed by atoms with Crippen LogP contribution in [0.3, 0.4) is 0 Å². The van der Waals surface area contributed by atoms with E-state index in [0.717, 1.165) is 13.2 Å². The predicted octanol–water partition coefficient (Wildman–Crippen LogP) is 4.33. The fraction of sp³-hybridized carbons (Fsp3) is 0.462. The Hall–Kier alpha value is -1.57. The van der Waals surface area contributed by atoms with Crippen LogP contribution in [0.4, 0.5) is 26.3 Å². The van der Waals surface area contributed by atoms with Crippen LogP contribution < -0.4 is 0 Å². The first-order valence-corrected chi connectivity index (χ1v) is 5.97. The van der Waals surface area contributed by atoms with Crippen molar-refractivity contribution in [2.24, 2.45) is 0 Å². The Bertz CT molecular complexity index is 435. The monoisotopic (exact) mass is 314 g/mol. The van der Waals surface area contributed by atoms with E-state index in [1.165, 1.54) is 12.8 Å². The number of ether oxygens (including phenoxy) is 1. The van der Waals surface area contributed by atoms with Crippen molar-refractivity contribution in [3.05, 3.63) is 34.9 Å². The van der Waals surface area contributed by atoms with E-state index in [1.807, 2.05) is 0 Å². The van der Waals surface area contributed by atoms with E-state index < -0.39 is 29.0 Å². The van der Waals surface area contributed by atoms with Crippen molar-refractivity contribution in [2.75, 3.05) is 13.2 Å². The zero-order valence-corrected chi connectivity index (χ0v) is 10.7. The van der Waals surface area contributed by atoms with E-state index in [1.54, 1.807) is 0 Å². The number of alkyl halides is 6. The molecule has 0 aromatic heterocycles. The minimum atomic E-state index is -4.92. The smallest absolute Gasteiger partial charge is 0.381 e. The Morgan fingerprint density at radius 3 is 1.52 bits per heavy atom. The van der Waals surface area contributed by atoms with Crippen LogP contribution in [-0.4, -0.2) is 19.5 Å². The van der Waals surface area contributed by atoms with Gasteiger partial charge in [0.15, 0.2) is 0 Å². The fourth-order valence-electron chi connectivity index (χ4n) is 1.56. The standard InChI is InChI=1S/C9H4F6O.C4H8O/c10-8(11,12)6-1-5(4-16)2-7(3-6)9(13,14)15;1-2-4-5-3-1/h1-4H;1-4H2. The van der Waals surface area contributed by atoms with Gasteiger partial charge in [-0.25, -0.2) is 0 Å². The Balaban J connectivity index is 0.000000369. The zero-order chi connectivity index (χ0) is 16.1. The Morgan fingerprint density at radius 1 is 0.857 bits per heavy atom. The highest BCUT2D eigenvalue weighted by Gasteiger charge is 2.36. The van der Waals surface area contributed by atoms with E-state index in [4.69, 9.17) is 4.74 Å². The minimum Gasteiger partial charge on any atom is -0.381 e. The molecule has 1 aliphatic heterocycles. The quantitative estimate of drug-likeness (QED) is 0.569.